The number of nitrogens with zero attached hydrogens (tertiary/aromatic N) is 1. The second kappa shape index (κ2) is 6.21. The SMILES string of the molecule is CC(C)CNC(=O)C(C)N1CCC[C@H]1CO. The van der Waals surface area contributed by atoms with Gasteiger partial charge in [0.05, 0.1) is 12.6 Å². The highest BCUT2D eigenvalue weighted by Gasteiger charge is 2.31. The van der Waals surface area contributed by atoms with Gasteiger partial charge in [0, 0.05) is 12.6 Å². The third kappa shape index (κ3) is 3.46. The molecular formula is C12H24N2O2. The smallest absolute Gasteiger partial charge is 0.237 e. The van der Waals surface area contributed by atoms with Crippen LogP contribution in [0, 0.1) is 5.92 Å². The number of hydrogen-bond donors (Lipinski definition) is 2. The Labute approximate surface area is 98.0 Å². The molecule has 1 heterocycles. The van der Waals surface area contributed by atoms with Crippen molar-refractivity contribution in [1.82, 2.24) is 10.2 Å². The number of aliphatic hydroxyl groups is 1. The molecule has 4 nitrogen and oxygen atoms in total. The van der Waals surface area contributed by atoms with Crippen LogP contribution in [-0.4, -0.2) is 47.7 Å². The molecular weight excluding hydrogens is 204 g/mol. The van der Waals surface area contributed by atoms with E-state index in [0.29, 0.717) is 5.92 Å². The lowest BCUT2D eigenvalue weighted by molar-refractivity contribution is -0.126. The maximum absolute atomic E-state index is 11.9. The molecule has 2 N–H and O–H groups in total. The summed E-state index contributed by atoms with van der Waals surface area (Å²) in [6.45, 7) is 7.88. The zero-order valence-electron chi connectivity index (χ0n) is 10.6. The van der Waals surface area contributed by atoms with Crippen LogP contribution < -0.4 is 5.32 Å². The van der Waals surface area contributed by atoms with Crippen molar-refractivity contribution in [3.8, 4) is 0 Å². The fraction of sp³-hybridized carbons (Fsp3) is 0.917. The average Bonchev–Trinajstić information content (AvgIpc) is 2.72. The fourth-order valence-electron chi connectivity index (χ4n) is 2.17. The molecule has 16 heavy (non-hydrogen) atoms. The Morgan fingerprint density at radius 1 is 1.50 bits per heavy atom. The maximum atomic E-state index is 11.9. The lowest BCUT2D eigenvalue weighted by Crippen LogP contribution is -2.48. The number of amides is 1. The van der Waals surface area contributed by atoms with Crippen molar-refractivity contribution in [1.29, 1.82) is 0 Å². The van der Waals surface area contributed by atoms with E-state index in [4.69, 9.17) is 0 Å². The summed E-state index contributed by atoms with van der Waals surface area (Å²) in [5.74, 6) is 0.553. The fourth-order valence-corrected chi connectivity index (χ4v) is 2.17. The quantitative estimate of drug-likeness (QED) is 0.724. The average molecular weight is 228 g/mol. The van der Waals surface area contributed by atoms with Crippen LogP contribution in [0.2, 0.25) is 0 Å². The molecule has 94 valence electrons. The zero-order chi connectivity index (χ0) is 12.1. The van der Waals surface area contributed by atoms with Gasteiger partial charge in [-0.15, -0.1) is 0 Å². The lowest BCUT2D eigenvalue weighted by Gasteiger charge is -2.28. The van der Waals surface area contributed by atoms with Crippen LogP contribution in [0.25, 0.3) is 0 Å². The number of nitrogens with one attached hydrogen (secondary N) is 1. The number of rotatable bonds is 5. The van der Waals surface area contributed by atoms with Crippen LogP contribution in [0.4, 0.5) is 0 Å². The normalized spacial score (nSPS) is 23.7. The molecule has 0 aliphatic carbocycles. The molecule has 1 rings (SSSR count). The Kier molecular flexibility index (Phi) is 5.22. The van der Waals surface area contributed by atoms with Crippen molar-refractivity contribution in [2.24, 2.45) is 5.92 Å². The molecule has 0 aromatic heterocycles. The van der Waals surface area contributed by atoms with Crippen LogP contribution in [0.15, 0.2) is 0 Å². The summed E-state index contributed by atoms with van der Waals surface area (Å²) in [7, 11) is 0. The molecule has 0 saturated carbocycles. The van der Waals surface area contributed by atoms with Gasteiger partial charge in [0.2, 0.25) is 5.91 Å². The van der Waals surface area contributed by atoms with Crippen molar-refractivity contribution >= 4 is 5.91 Å². The van der Waals surface area contributed by atoms with Crippen molar-refractivity contribution in [3.05, 3.63) is 0 Å². The molecule has 4 heteroatoms. The highest BCUT2D eigenvalue weighted by atomic mass is 16.3. The molecule has 0 spiro atoms. The van der Waals surface area contributed by atoms with Crippen LogP contribution in [0.1, 0.15) is 33.6 Å². The first-order chi connectivity index (χ1) is 7.56. The van der Waals surface area contributed by atoms with E-state index in [-0.39, 0.29) is 24.6 Å². The predicted octanol–water partition coefficient (Wildman–Crippen LogP) is 0.604. The summed E-state index contributed by atoms with van der Waals surface area (Å²) in [5.41, 5.74) is 0. The van der Waals surface area contributed by atoms with Crippen molar-refractivity contribution < 1.29 is 9.90 Å². The summed E-state index contributed by atoms with van der Waals surface area (Å²) in [5, 5.41) is 12.2. The van der Waals surface area contributed by atoms with Crippen LogP contribution >= 0.6 is 0 Å². The van der Waals surface area contributed by atoms with E-state index >= 15 is 0 Å². The Bertz CT molecular complexity index is 231. The summed E-state index contributed by atoms with van der Waals surface area (Å²) < 4.78 is 0. The third-order valence-corrected chi connectivity index (χ3v) is 3.19. The molecule has 0 aromatic rings. The highest BCUT2D eigenvalue weighted by molar-refractivity contribution is 5.81. The first-order valence-corrected chi connectivity index (χ1v) is 6.20. The molecule has 1 fully saturated rings. The minimum atomic E-state index is -0.126. The van der Waals surface area contributed by atoms with Crippen molar-refractivity contribution in [2.45, 2.75) is 45.7 Å². The Morgan fingerprint density at radius 2 is 2.19 bits per heavy atom. The summed E-state index contributed by atoms with van der Waals surface area (Å²) in [6.07, 6.45) is 2.07. The monoisotopic (exact) mass is 228 g/mol. The predicted molar refractivity (Wildman–Crippen MR) is 64.1 cm³/mol. The number of carbonyl (C=O) groups is 1. The summed E-state index contributed by atoms with van der Waals surface area (Å²) in [4.78, 5) is 14.0. The van der Waals surface area contributed by atoms with Gasteiger partial charge in [-0.1, -0.05) is 13.8 Å². The molecule has 2 atom stereocenters. The minimum absolute atomic E-state index is 0.0778. The molecule has 1 aliphatic heterocycles. The van der Waals surface area contributed by atoms with E-state index in [9.17, 15) is 9.90 Å². The van der Waals surface area contributed by atoms with Crippen LogP contribution in [0.5, 0.6) is 0 Å². The van der Waals surface area contributed by atoms with E-state index in [1.165, 1.54) is 0 Å². The Morgan fingerprint density at radius 3 is 2.75 bits per heavy atom. The van der Waals surface area contributed by atoms with Gasteiger partial charge in [0.15, 0.2) is 0 Å². The number of carbonyl (C=O) groups excluding carboxylic acids is 1. The number of hydrogen-bond acceptors (Lipinski definition) is 3. The van der Waals surface area contributed by atoms with E-state index in [1.807, 2.05) is 6.92 Å². The van der Waals surface area contributed by atoms with Crippen LogP contribution in [-0.2, 0) is 4.79 Å². The second-order valence-corrected chi connectivity index (χ2v) is 5.03. The van der Waals surface area contributed by atoms with Crippen molar-refractivity contribution in [3.63, 3.8) is 0 Å². The Hall–Kier alpha value is -0.610. The molecule has 1 saturated heterocycles. The van der Waals surface area contributed by atoms with Gasteiger partial charge in [-0.05, 0) is 32.2 Å². The van der Waals surface area contributed by atoms with E-state index in [0.717, 1.165) is 25.9 Å². The van der Waals surface area contributed by atoms with Gasteiger partial charge < -0.3 is 10.4 Å². The maximum Gasteiger partial charge on any atom is 0.237 e. The largest absolute Gasteiger partial charge is 0.395 e. The molecule has 1 aliphatic rings. The van der Waals surface area contributed by atoms with Crippen molar-refractivity contribution in [2.75, 3.05) is 19.7 Å². The summed E-state index contributed by atoms with van der Waals surface area (Å²) >= 11 is 0. The third-order valence-electron chi connectivity index (χ3n) is 3.19. The molecule has 1 amide bonds. The van der Waals surface area contributed by atoms with E-state index < -0.39 is 0 Å². The molecule has 0 aromatic carbocycles. The van der Waals surface area contributed by atoms with Gasteiger partial charge in [-0.25, -0.2) is 0 Å². The van der Waals surface area contributed by atoms with Gasteiger partial charge >= 0.3 is 0 Å². The standard InChI is InChI=1S/C12H24N2O2/c1-9(2)7-13-12(16)10(3)14-6-4-5-11(14)8-15/h9-11,15H,4-8H2,1-3H3,(H,13,16)/t10?,11-/m0/s1. The van der Waals surface area contributed by atoms with E-state index in [1.54, 1.807) is 0 Å². The number of aliphatic hydroxyl groups excluding tert-OH is 1. The second-order valence-electron chi connectivity index (χ2n) is 5.03. The Balaban J connectivity index is 2.43. The highest BCUT2D eigenvalue weighted by Crippen LogP contribution is 2.19. The first kappa shape index (κ1) is 13.5. The molecule has 0 bridgehead atoms. The summed E-state index contributed by atoms with van der Waals surface area (Å²) in [6, 6.07) is 0.0400. The van der Waals surface area contributed by atoms with Gasteiger partial charge in [0.25, 0.3) is 0 Å². The first-order valence-electron chi connectivity index (χ1n) is 6.20. The lowest BCUT2D eigenvalue weighted by atomic mass is 10.2. The topological polar surface area (TPSA) is 52.6 Å². The number of likely N-dealkylation sites (tertiary alicyclic amines) is 1. The van der Waals surface area contributed by atoms with E-state index in [2.05, 4.69) is 24.1 Å². The molecule has 0 radical (unpaired) electrons. The van der Waals surface area contributed by atoms with Crippen LogP contribution in [0.3, 0.4) is 0 Å². The van der Waals surface area contributed by atoms with Gasteiger partial charge in [-0.2, -0.15) is 0 Å². The zero-order valence-corrected chi connectivity index (χ0v) is 10.6. The molecule has 1 unspecified atom stereocenters. The van der Waals surface area contributed by atoms with Gasteiger partial charge in [-0.3, -0.25) is 9.69 Å². The van der Waals surface area contributed by atoms with Gasteiger partial charge in [0.1, 0.15) is 0 Å². The minimum Gasteiger partial charge on any atom is -0.395 e.